The van der Waals surface area contributed by atoms with Crippen molar-refractivity contribution in [2.24, 2.45) is 0 Å². The highest BCUT2D eigenvalue weighted by Crippen LogP contribution is 2.27. The first-order chi connectivity index (χ1) is 6.06. The first-order valence-corrected chi connectivity index (χ1v) is 4.96. The fraction of sp³-hybridized carbons (Fsp3) is 0.286. The van der Waals surface area contributed by atoms with E-state index in [1.54, 1.807) is 0 Å². The van der Waals surface area contributed by atoms with Gasteiger partial charge in [-0.2, -0.15) is 0 Å². The minimum absolute atomic E-state index is 0.0191. The maximum absolute atomic E-state index is 12.4. The third-order valence-electron chi connectivity index (χ3n) is 1.46. The zero-order chi connectivity index (χ0) is 10.0. The van der Waals surface area contributed by atoms with Crippen molar-refractivity contribution in [2.75, 3.05) is 5.73 Å². The lowest BCUT2D eigenvalue weighted by Gasteiger charge is -2.08. The maximum atomic E-state index is 12.4. The molecule has 1 rings (SSSR count). The third-order valence-corrected chi connectivity index (χ3v) is 2.69. The SMILES string of the molecule is Nc1cc(I)c(CCl)c(C(F)F)n1. The van der Waals surface area contributed by atoms with E-state index < -0.39 is 6.43 Å². The van der Waals surface area contributed by atoms with Crippen LogP contribution in [-0.2, 0) is 5.88 Å². The molecule has 0 saturated carbocycles. The molecule has 0 bridgehead atoms. The van der Waals surface area contributed by atoms with Crippen LogP contribution in [-0.4, -0.2) is 4.98 Å². The summed E-state index contributed by atoms with van der Waals surface area (Å²) >= 11 is 7.42. The van der Waals surface area contributed by atoms with Crippen molar-refractivity contribution in [3.05, 3.63) is 20.9 Å². The lowest BCUT2D eigenvalue weighted by atomic mass is 10.2. The van der Waals surface area contributed by atoms with Gasteiger partial charge in [-0.1, -0.05) is 0 Å². The Kier molecular flexibility index (Phi) is 3.66. The van der Waals surface area contributed by atoms with Crippen LogP contribution < -0.4 is 5.73 Å². The van der Waals surface area contributed by atoms with E-state index in [0.717, 1.165) is 0 Å². The average molecular weight is 318 g/mol. The van der Waals surface area contributed by atoms with Crippen LogP contribution in [0, 0.1) is 3.57 Å². The second kappa shape index (κ2) is 4.36. The molecule has 1 aromatic rings. The fourth-order valence-electron chi connectivity index (χ4n) is 0.891. The molecule has 0 spiro atoms. The van der Waals surface area contributed by atoms with Crippen molar-refractivity contribution in [3.8, 4) is 0 Å². The quantitative estimate of drug-likeness (QED) is 0.672. The number of nitrogens with zero attached hydrogens (tertiary/aromatic N) is 1. The largest absolute Gasteiger partial charge is 0.384 e. The van der Waals surface area contributed by atoms with Crippen molar-refractivity contribution in [3.63, 3.8) is 0 Å². The fourth-order valence-corrected chi connectivity index (χ4v) is 2.18. The molecule has 0 atom stereocenters. The summed E-state index contributed by atoms with van der Waals surface area (Å²) in [4.78, 5) is 3.54. The van der Waals surface area contributed by atoms with Crippen LogP contribution in [0.25, 0.3) is 0 Å². The summed E-state index contributed by atoms with van der Waals surface area (Å²) in [7, 11) is 0. The molecule has 2 N–H and O–H groups in total. The number of hydrogen-bond acceptors (Lipinski definition) is 2. The molecule has 6 heteroatoms. The normalized spacial score (nSPS) is 10.8. The molecular formula is C7H6ClF2IN2. The molecule has 0 aliphatic carbocycles. The van der Waals surface area contributed by atoms with Crippen LogP contribution in [0.3, 0.4) is 0 Å². The summed E-state index contributed by atoms with van der Waals surface area (Å²) in [6.45, 7) is 0. The van der Waals surface area contributed by atoms with Crippen molar-refractivity contribution in [1.82, 2.24) is 4.98 Å². The van der Waals surface area contributed by atoms with Gasteiger partial charge in [-0.25, -0.2) is 13.8 Å². The van der Waals surface area contributed by atoms with E-state index in [2.05, 4.69) is 4.98 Å². The molecule has 0 aliphatic heterocycles. The van der Waals surface area contributed by atoms with Gasteiger partial charge >= 0.3 is 0 Å². The lowest BCUT2D eigenvalue weighted by molar-refractivity contribution is 0.145. The summed E-state index contributed by atoms with van der Waals surface area (Å²) in [5.74, 6) is 0.110. The molecule has 0 aliphatic rings. The van der Waals surface area contributed by atoms with Gasteiger partial charge in [0.2, 0.25) is 0 Å². The summed E-state index contributed by atoms with van der Waals surface area (Å²) in [6, 6.07) is 1.52. The Balaban J connectivity index is 3.29. The Labute approximate surface area is 92.6 Å². The standard InChI is InChI=1S/C7H6ClF2IN2/c8-2-3-4(11)1-5(12)13-6(3)7(9)10/h1,7H,2H2,(H2,12,13). The lowest BCUT2D eigenvalue weighted by Crippen LogP contribution is -2.03. The van der Waals surface area contributed by atoms with Gasteiger partial charge in [-0.05, 0) is 28.7 Å². The monoisotopic (exact) mass is 318 g/mol. The zero-order valence-corrected chi connectivity index (χ0v) is 9.31. The minimum Gasteiger partial charge on any atom is -0.384 e. The van der Waals surface area contributed by atoms with Gasteiger partial charge in [0.15, 0.2) is 0 Å². The number of halogens is 4. The maximum Gasteiger partial charge on any atom is 0.280 e. The topological polar surface area (TPSA) is 38.9 Å². The summed E-state index contributed by atoms with van der Waals surface area (Å²) < 4.78 is 25.4. The first kappa shape index (κ1) is 10.9. The number of anilines is 1. The summed E-state index contributed by atoms with van der Waals surface area (Å²) in [6.07, 6.45) is -2.63. The second-order valence-corrected chi connectivity index (χ2v) is 3.76. The van der Waals surface area contributed by atoms with Crippen molar-refractivity contribution < 1.29 is 8.78 Å². The van der Waals surface area contributed by atoms with E-state index in [9.17, 15) is 8.78 Å². The van der Waals surface area contributed by atoms with Crippen LogP contribution >= 0.6 is 34.2 Å². The van der Waals surface area contributed by atoms with Crippen LogP contribution in [0.2, 0.25) is 0 Å². The van der Waals surface area contributed by atoms with E-state index >= 15 is 0 Å². The van der Waals surface area contributed by atoms with Gasteiger partial charge in [-0.3, -0.25) is 0 Å². The Morgan fingerprint density at radius 1 is 1.62 bits per heavy atom. The Morgan fingerprint density at radius 3 is 2.69 bits per heavy atom. The molecule has 2 nitrogen and oxygen atoms in total. The third kappa shape index (κ3) is 2.40. The molecule has 0 fully saturated rings. The van der Waals surface area contributed by atoms with Crippen LogP contribution in [0.5, 0.6) is 0 Å². The number of rotatable bonds is 2. The Morgan fingerprint density at radius 2 is 2.23 bits per heavy atom. The smallest absolute Gasteiger partial charge is 0.280 e. The molecular weight excluding hydrogens is 312 g/mol. The Bertz CT molecular complexity index is 320. The molecule has 0 unspecified atom stereocenters. The van der Waals surface area contributed by atoms with E-state index in [1.807, 2.05) is 22.6 Å². The molecule has 1 aromatic heterocycles. The molecule has 1 heterocycles. The predicted molar refractivity (Wildman–Crippen MR) is 55.9 cm³/mol. The van der Waals surface area contributed by atoms with Crippen molar-refractivity contribution in [2.45, 2.75) is 12.3 Å². The van der Waals surface area contributed by atoms with E-state index in [0.29, 0.717) is 9.13 Å². The van der Waals surface area contributed by atoms with Crippen molar-refractivity contribution >= 4 is 40.0 Å². The minimum atomic E-state index is -2.63. The van der Waals surface area contributed by atoms with Gasteiger partial charge in [0.25, 0.3) is 6.43 Å². The summed E-state index contributed by atoms with van der Waals surface area (Å²) in [5, 5.41) is 0. The number of nitrogen functional groups attached to an aromatic ring is 1. The molecule has 0 radical (unpaired) electrons. The van der Waals surface area contributed by atoms with E-state index in [4.69, 9.17) is 17.3 Å². The van der Waals surface area contributed by atoms with Gasteiger partial charge in [-0.15, -0.1) is 11.6 Å². The van der Waals surface area contributed by atoms with Gasteiger partial charge < -0.3 is 5.73 Å². The van der Waals surface area contributed by atoms with Crippen LogP contribution in [0.15, 0.2) is 6.07 Å². The Hall–Kier alpha value is -0.170. The van der Waals surface area contributed by atoms with E-state index in [1.165, 1.54) is 6.07 Å². The number of pyridine rings is 1. The van der Waals surface area contributed by atoms with E-state index in [-0.39, 0.29) is 17.4 Å². The molecule has 0 amide bonds. The first-order valence-electron chi connectivity index (χ1n) is 3.35. The zero-order valence-electron chi connectivity index (χ0n) is 6.40. The number of nitrogens with two attached hydrogens (primary N) is 1. The molecule has 0 aromatic carbocycles. The molecule has 0 saturated heterocycles. The van der Waals surface area contributed by atoms with Gasteiger partial charge in [0.05, 0.1) is 5.88 Å². The number of aromatic nitrogens is 1. The molecule has 72 valence electrons. The highest BCUT2D eigenvalue weighted by molar-refractivity contribution is 14.1. The highest BCUT2D eigenvalue weighted by atomic mass is 127. The summed E-state index contributed by atoms with van der Waals surface area (Å²) in [5.41, 5.74) is 5.36. The highest BCUT2D eigenvalue weighted by Gasteiger charge is 2.17. The number of hydrogen-bond donors (Lipinski definition) is 1. The predicted octanol–water partition coefficient (Wildman–Crippen LogP) is 2.94. The van der Waals surface area contributed by atoms with Crippen molar-refractivity contribution in [1.29, 1.82) is 0 Å². The number of alkyl halides is 3. The van der Waals surface area contributed by atoms with Crippen LogP contribution in [0.4, 0.5) is 14.6 Å². The molecule has 13 heavy (non-hydrogen) atoms. The van der Waals surface area contributed by atoms with Crippen LogP contribution in [0.1, 0.15) is 17.7 Å². The van der Waals surface area contributed by atoms with Gasteiger partial charge in [0.1, 0.15) is 11.5 Å². The average Bonchev–Trinajstić information content (AvgIpc) is 2.02. The second-order valence-electron chi connectivity index (χ2n) is 2.33. The van der Waals surface area contributed by atoms with Gasteiger partial charge in [0, 0.05) is 9.13 Å².